The number of carboxylic acids is 1. The van der Waals surface area contributed by atoms with Gasteiger partial charge in [0.1, 0.15) is 6.04 Å². The van der Waals surface area contributed by atoms with Gasteiger partial charge in [-0.05, 0) is 19.4 Å². The standard InChI is InChI=1S/C17H24N4O5/c1-11(13-6-4-3-5-7-13)21-17(26)18-9-8-14(22)19-10-15(23)20-12(2)16(24)25/h3-7,11-12H,8-10H2,1-2H3,(H,19,22)(H,20,23)(H,24,25)(H2,18,21,26)/t11-,12?/m1/s1. The Hall–Kier alpha value is -3.10. The van der Waals surface area contributed by atoms with E-state index in [-0.39, 0.29) is 25.6 Å². The molecule has 9 nitrogen and oxygen atoms in total. The number of carbonyl (C=O) groups is 4. The lowest BCUT2D eigenvalue weighted by Gasteiger charge is -2.15. The molecule has 1 aromatic rings. The molecule has 4 amide bonds. The molecule has 5 N–H and O–H groups in total. The predicted octanol–water partition coefficient (Wildman–Crippen LogP) is 0.142. The topological polar surface area (TPSA) is 137 Å². The van der Waals surface area contributed by atoms with Gasteiger partial charge in [-0.1, -0.05) is 30.3 Å². The second-order valence-corrected chi connectivity index (χ2v) is 5.69. The van der Waals surface area contributed by atoms with E-state index in [1.165, 1.54) is 6.92 Å². The fraction of sp³-hybridized carbons (Fsp3) is 0.412. The van der Waals surface area contributed by atoms with Crippen molar-refractivity contribution in [2.24, 2.45) is 0 Å². The number of carboxylic acid groups (broad SMARTS) is 1. The SMILES string of the molecule is CC(NC(=O)CNC(=O)CCNC(=O)N[C@H](C)c1ccccc1)C(=O)O. The molecule has 0 aliphatic carbocycles. The van der Waals surface area contributed by atoms with Crippen molar-refractivity contribution in [3.63, 3.8) is 0 Å². The first-order chi connectivity index (χ1) is 12.3. The molecular formula is C17H24N4O5. The quantitative estimate of drug-likeness (QED) is 0.425. The third-order valence-corrected chi connectivity index (χ3v) is 3.48. The third kappa shape index (κ3) is 8.13. The summed E-state index contributed by atoms with van der Waals surface area (Å²) in [6, 6.07) is 7.83. The van der Waals surface area contributed by atoms with E-state index in [1.807, 2.05) is 37.3 Å². The van der Waals surface area contributed by atoms with Gasteiger partial charge in [0.2, 0.25) is 11.8 Å². The van der Waals surface area contributed by atoms with Crippen LogP contribution in [0.1, 0.15) is 31.9 Å². The summed E-state index contributed by atoms with van der Waals surface area (Å²) >= 11 is 0. The van der Waals surface area contributed by atoms with Gasteiger partial charge in [-0.15, -0.1) is 0 Å². The van der Waals surface area contributed by atoms with Gasteiger partial charge in [0.05, 0.1) is 12.6 Å². The summed E-state index contributed by atoms with van der Waals surface area (Å²) in [6.45, 7) is 2.94. The van der Waals surface area contributed by atoms with Crippen molar-refractivity contribution in [1.29, 1.82) is 0 Å². The number of nitrogens with one attached hydrogen (secondary N) is 4. The highest BCUT2D eigenvalue weighted by Gasteiger charge is 2.14. The summed E-state index contributed by atoms with van der Waals surface area (Å²) in [5.74, 6) is -2.19. The number of aliphatic carboxylic acids is 1. The van der Waals surface area contributed by atoms with E-state index in [0.29, 0.717) is 0 Å². The van der Waals surface area contributed by atoms with Gasteiger partial charge in [-0.25, -0.2) is 4.79 Å². The average Bonchev–Trinajstić information content (AvgIpc) is 2.60. The van der Waals surface area contributed by atoms with Crippen LogP contribution < -0.4 is 21.3 Å². The summed E-state index contributed by atoms with van der Waals surface area (Å²) in [4.78, 5) is 45.4. The van der Waals surface area contributed by atoms with Gasteiger partial charge in [-0.3, -0.25) is 14.4 Å². The number of benzene rings is 1. The van der Waals surface area contributed by atoms with Crippen LogP contribution in [0, 0.1) is 0 Å². The number of amides is 4. The van der Waals surface area contributed by atoms with Crippen LogP contribution in [-0.2, 0) is 14.4 Å². The van der Waals surface area contributed by atoms with Crippen LogP contribution in [0.2, 0.25) is 0 Å². The lowest BCUT2D eigenvalue weighted by atomic mass is 10.1. The second-order valence-electron chi connectivity index (χ2n) is 5.69. The maximum absolute atomic E-state index is 11.8. The molecular weight excluding hydrogens is 340 g/mol. The zero-order valence-corrected chi connectivity index (χ0v) is 14.7. The van der Waals surface area contributed by atoms with E-state index in [1.54, 1.807) is 0 Å². The van der Waals surface area contributed by atoms with Gasteiger partial charge in [0, 0.05) is 13.0 Å². The zero-order chi connectivity index (χ0) is 19.5. The van der Waals surface area contributed by atoms with E-state index >= 15 is 0 Å². The maximum Gasteiger partial charge on any atom is 0.325 e. The molecule has 0 saturated heterocycles. The van der Waals surface area contributed by atoms with Gasteiger partial charge < -0.3 is 26.4 Å². The summed E-state index contributed by atoms with van der Waals surface area (Å²) in [6.07, 6.45) is -0.00506. The van der Waals surface area contributed by atoms with Crippen LogP contribution in [0.15, 0.2) is 30.3 Å². The van der Waals surface area contributed by atoms with Gasteiger partial charge in [0.15, 0.2) is 0 Å². The highest BCUT2D eigenvalue weighted by Crippen LogP contribution is 2.10. The molecule has 9 heteroatoms. The Labute approximate surface area is 151 Å². The van der Waals surface area contributed by atoms with E-state index in [2.05, 4.69) is 21.3 Å². The van der Waals surface area contributed by atoms with Crippen molar-refractivity contribution >= 4 is 23.8 Å². The summed E-state index contributed by atoms with van der Waals surface area (Å²) in [5.41, 5.74) is 0.960. The Kier molecular flexibility index (Phi) is 8.62. The number of hydrogen-bond acceptors (Lipinski definition) is 4. The monoisotopic (exact) mass is 364 g/mol. The van der Waals surface area contributed by atoms with E-state index in [0.717, 1.165) is 5.56 Å². The molecule has 0 fully saturated rings. The van der Waals surface area contributed by atoms with Crippen LogP contribution >= 0.6 is 0 Å². The minimum Gasteiger partial charge on any atom is -0.480 e. The minimum atomic E-state index is -1.16. The Morgan fingerprint density at radius 3 is 2.23 bits per heavy atom. The van der Waals surface area contributed by atoms with Crippen LogP contribution in [0.4, 0.5) is 4.79 Å². The van der Waals surface area contributed by atoms with Gasteiger partial charge in [0.25, 0.3) is 0 Å². The number of carbonyl (C=O) groups excluding carboxylic acids is 3. The molecule has 26 heavy (non-hydrogen) atoms. The number of rotatable bonds is 9. The van der Waals surface area contributed by atoms with Crippen LogP contribution in [0.3, 0.4) is 0 Å². The molecule has 0 aromatic heterocycles. The van der Waals surface area contributed by atoms with Crippen LogP contribution in [0.25, 0.3) is 0 Å². The molecule has 1 unspecified atom stereocenters. The molecule has 0 aliphatic rings. The zero-order valence-electron chi connectivity index (χ0n) is 14.7. The number of urea groups is 1. The maximum atomic E-state index is 11.8. The minimum absolute atomic E-state index is 0.00506. The highest BCUT2D eigenvalue weighted by atomic mass is 16.4. The number of hydrogen-bond donors (Lipinski definition) is 5. The summed E-state index contributed by atoms with van der Waals surface area (Å²) in [7, 11) is 0. The van der Waals surface area contributed by atoms with E-state index in [4.69, 9.17) is 5.11 Å². The van der Waals surface area contributed by atoms with E-state index < -0.39 is 29.9 Å². The Bertz CT molecular complexity index is 635. The molecule has 0 heterocycles. The van der Waals surface area contributed by atoms with Gasteiger partial charge >= 0.3 is 12.0 Å². The average molecular weight is 364 g/mol. The fourth-order valence-electron chi connectivity index (χ4n) is 1.98. The van der Waals surface area contributed by atoms with Crippen molar-refractivity contribution < 1.29 is 24.3 Å². The summed E-state index contributed by atoms with van der Waals surface area (Å²) < 4.78 is 0. The van der Waals surface area contributed by atoms with Crippen molar-refractivity contribution in [2.45, 2.75) is 32.4 Å². The largest absolute Gasteiger partial charge is 0.480 e. The van der Waals surface area contributed by atoms with Crippen molar-refractivity contribution in [3.05, 3.63) is 35.9 Å². The normalized spacial score (nSPS) is 12.4. The highest BCUT2D eigenvalue weighted by molar-refractivity contribution is 5.87. The Balaban J connectivity index is 2.20. The van der Waals surface area contributed by atoms with Crippen LogP contribution in [-0.4, -0.2) is 48.1 Å². The van der Waals surface area contributed by atoms with Crippen molar-refractivity contribution in [3.8, 4) is 0 Å². The molecule has 2 atom stereocenters. The van der Waals surface area contributed by atoms with Crippen molar-refractivity contribution in [2.75, 3.05) is 13.1 Å². The molecule has 0 bridgehead atoms. The molecule has 0 saturated carbocycles. The first kappa shape index (κ1) is 20.9. The smallest absolute Gasteiger partial charge is 0.325 e. The molecule has 1 aromatic carbocycles. The molecule has 0 radical (unpaired) electrons. The lowest BCUT2D eigenvalue weighted by Crippen LogP contribution is -2.44. The molecule has 0 aliphatic heterocycles. The molecule has 142 valence electrons. The Morgan fingerprint density at radius 1 is 0.962 bits per heavy atom. The second kappa shape index (κ2) is 10.7. The lowest BCUT2D eigenvalue weighted by molar-refractivity contribution is -0.141. The molecule has 1 rings (SSSR count). The van der Waals surface area contributed by atoms with Crippen LogP contribution in [0.5, 0.6) is 0 Å². The third-order valence-electron chi connectivity index (χ3n) is 3.48. The van der Waals surface area contributed by atoms with E-state index in [9.17, 15) is 19.2 Å². The predicted molar refractivity (Wildman–Crippen MR) is 94.3 cm³/mol. The van der Waals surface area contributed by atoms with Gasteiger partial charge in [-0.2, -0.15) is 0 Å². The first-order valence-electron chi connectivity index (χ1n) is 8.17. The van der Waals surface area contributed by atoms with Crippen molar-refractivity contribution in [1.82, 2.24) is 21.3 Å². The molecule has 0 spiro atoms. The summed E-state index contributed by atoms with van der Waals surface area (Å²) in [5, 5.41) is 18.5. The Morgan fingerprint density at radius 2 is 1.62 bits per heavy atom. The fourth-order valence-corrected chi connectivity index (χ4v) is 1.98. The first-order valence-corrected chi connectivity index (χ1v) is 8.17.